The molecule has 0 bridgehead atoms. The molecule has 0 radical (unpaired) electrons. The number of nitrogens with zero attached hydrogens (tertiary/aromatic N) is 3. The van der Waals surface area contributed by atoms with Gasteiger partial charge in [-0.3, -0.25) is 4.79 Å². The molecule has 1 saturated carbocycles. The Kier molecular flexibility index (Phi) is 3.30. The van der Waals surface area contributed by atoms with Crippen molar-refractivity contribution in [3.63, 3.8) is 0 Å². The third-order valence-corrected chi connectivity index (χ3v) is 4.82. The molecule has 1 amide bonds. The van der Waals surface area contributed by atoms with E-state index in [1.807, 2.05) is 17.0 Å². The number of amides is 1. The smallest absolute Gasteiger partial charge is 0.226 e. The number of carbonyl (C=O) groups is 1. The van der Waals surface area contributed by atoms with Crippen LogP contribution in [0.25, 0.3) is 0 Å². The molecule has 1 aromatic rings. The summed E-state index contributed by atoms with van der Waals surface area (Å²) in [6.45, 7) is 8.88. The standard InChI is InChI=1S/C16H24N4O/c1-11-10-19(15(21)13-8-16(13,2)3)6-7-20(11)14-5-4-12(17)9-18-14/h4-5,9,11,13H,6-8,10,17H2,1-3H3. The van der Waals surface area contributed by atoms with Gasteiger partial charge < -0.3 is 15.5 Å². The Bertz CT molecular complexity index is 540. The van der Waals surface area contributed by atoms with Gasteiger partial charge in [-0.1, -0.05) is 13.8 Å². The SMILES string of the molecule is CC1CN(C(=O)C2CC2(C)C)CCN1c1ccc(N)cn1. The van der Waals surface area contributed by atoms with Crippen LogP contribution in [-0.2, 0) is 4.79 Å². The summed E-state index contributed by atoms with van der Waals surface area (Å²) in [5.74, 6) is 1.50. The van der Waals surface area contributed by atoms with Crippen molar-refractivity contribution < 1.29 is 4.79 Å². The number of hydrogen-bond acceptors (Lipinski definition) is 4. The van der Waals surface area contributed by atoms with Gasteiger partial charge in [0.1, 0.15) is 5.82 Å². The summed E-state index contributed by atoms with van der Waals surface area (Å²) < 4.78 is 0. The molecule has 2 fully saturated rings. The highest BCUT2D eigenvalue weighted by molar-refractivity contribution is 5.82. The van der Waals surface area contributed by atoms with E-state index in [9.17, 15) is 4.79 Å². The van der Waals surface area contributed by atoms with Crippen molar-refractivity contribution >= 4 is 17.4 Å². The van der Waals surface area contributed by atoms with Gasteiger partial charge in [0.15, 0.2) is 0 Å². The van der Waals surface area contributed by atoms with E-state index in [2.05, 4.69) is 30.7 Å². The number of rotatable bonds is 2. The van der Waals surface area contributed by atoms with Gasteiger partial charge in [-0.2, -0.15) is 0 Å². The molecule has 5 heteroatoms. The lowest BCUT2D eigenvalue weighted by Crippen LogP contribution is -2.54. The van der Waals surface area contributed by atoms with Gasteiger partial charge in [-0.25, -0.2) is 4.98 Å². The van der Waals surface area contributed by atoms with Crippen LogP contribution in [0.1, 0.15) is 27.2 Å². The van der Waals surface area contributed by atoms with E-state index in [0.717, 1.165) is 31.9 Å². The lowest BCUT2D eigenvalue weighted by Gasteiger charge is -2.40. The minimum absolute atomic E-state index is 0.204. The van der Waals surface area contributed by atoms with Gasteiger partial charge in [0.25, 0.3) is 0 Å². The normalized spacial score (nSPS) is 27.6. The maximum Gasteiger partial charge on any atom is 0.226 e. The molecule has 1 aromatic heterocycles. The molecule has 114 valence electrons. The summed E-state index contributed by atoms with van der Waals surface area (Å²) in [7, 11) is 0. The van der Waals surface area contributed by atoms with Crippen LogP contribution < -0.4 is 10.6 Å². The van der Waals surface area contributed by atoms with Gasteiger partial charge in [0.2, 0.25) is 5.91 Å². The first-order valence-electron chi connectivity index (χ1n) is 7.65. The monoisotopic (exact) mass is 288 g/mol. The molecule has 0 aromatic carbocycles. The Balaban J connectivity index is 1.64. The fraction of sp³-hybridized carbons (Fsp3) is 0.625. The molecular formula is C16H24N4O. The molecular weight excluding hydrogens is 264 g/mol. The van der Waals surface area contributed by atoms with Crippen molar-refractivity contribution in [3.8, 4) is 0 Å². The predicted octanol–water partition coefficient (Wildman–Crippen LogP) is 1.75. The van der Waals surface area contributed by atoms with E-state index >= 15 is 0 Å². The minimum Gasteiger partial charge on any atom is -0.397 e. The largest absolute Gasteiger partial charge is 0.397 e. The molecule has 1 aliphatic heterocycles. The summed E-state index contributed by atoms with van der Waals surface area (Å²) in [6.07, 6.45) is 2.71. The zero-order valence-corrected chi connectivity index (χ0v) is 13.0. The quantitative estimate of drug-likeness (QED) is 0.900. The summed E-state index contributed by atoms with van der Waals surface area (Å²) in [4.78, 5) is 21.2. The molecule has 2 N–H and O–H groups in total. The van der Waals surface area contributed by atoms with Crippen molar-refractivity contribution in [1.29, 1.82) is 0 Å². The first kappa shape index (κ1) is 14.2. The highest BCUT2D eigenvalue weighted by Crippen LogP contribution is 2.52. The van der Waals surface area contributed by atoms with Crippen molar-refractivity contribution in [2.24, 2.45) is 11.3 Å². The molecule has 0 spiro atoms. The van der Waals surface area contributed by atoms with E-state index in [-0.39, 0.29) is 17.4 Å². The summed E-state index contributed by atoms with van der Waals surface area (Å²) >= 11 is 0. The van der Waals surface area contributed by atoms with Crippen LogP contribution in [0.3, 0.4) is 0 Å². The Labute approximate surface area is 126 Å². The van der Waals surface area contributed by atoms with Gasteiger partial charge in [-0.15, -0.1) is 0 Å². The average molecular weight is 288 g/mol. The molecule has 2 unspecified atom stereocenters. The van der Waals surface area contributed by atoms with Crippen LogP contribution in [0, 0.1) is 11.3 Å². The number of nitrogen functional groups attached to an aromatic ring is 1. The minimum atomic E-state index is 0.204. The van der Waals surface area contributed by atoms with Crippen LogP contribution >= 0.6 is 0 Å². The van der Waals surface area contributed by atoms with Crippen LogP contribution in [0.2, 0.25) is 0 Å². The van der Waals surface area contributed by atoms with Crippen molar-refractivity contribution in [3.05, 3.63) is 18.3 Å². The van der Waals surface area contributed by atoms with Crippen LogP contribution in [0.4, 0.5) is 11.5 Å². The summed E-state index contributed by atoms with van der Waals surface area (Å²) in [6, 6.07) is 4.10. The molecule has 5 nitrogen and oxygen atoms in total. The van der Waals surface area contributed by atoms with Gasteiger partial charge in [0, 0.05) is 31.6 Å². The lowest BCUT2D eigenvalue weighted by atomic mass is 10.1. The second kappa shape index (κ2) is 4.90. The molecule has 1 aliphatic carbocycles. The molecule has 21 heavy (non-hydrogen) atoms. The number of piperazine rings is 1. The van der Waals surface area contributed by atoms with Gasteiger partial charge in [-0.05, 0) is 30.9 Å². The van der Waals surface area contributed by atoms with E-state index < -0.39 is 0 Å². The lowest BCUT2D eigenvalue weighted by molar-refractivity contribution is -0.134. The van der Waals surface area contributed by atoms with Crippen LogP contribution in [0.5, 0.6) is 0 Å². The topological polar surface area (TPSA) is 62.5 Å². The first-order valence-corrected chi connectivity index (χ1v) is 7.65. The predicted molar refractivity (Wildman–Crippen MR) is 83.9 cm³/mol. The molecule has 3 rings (SSSR count). The van der Waals surface area contributed by atoms with Gasteiger partial charge >= 0.3 is 0 Å². The fourth-order valence-electron chi connectivity index (χ4n) is 3.17. The Morgan fingerprint density at radius 2 is 2.10 bits per heavy atom. The number of pyridine rings is 1. The second-order valence-corrected chi connectivity index (χ2v) is 7.02. The summed E-state index contributed by atoms with van der Waals surface area (Å²) in [5.41, 5.74) is 6.57. The summed E-state index contributed by atoms with van der Waals surface area (Å²) in [5, 5.41) is 0. The molecule has 2 atom stereocenters. The molecule has 2 aliphatic rings. The molecule has 2 heterocycles. The van der Waals surface area contributed by atoms with Gasteiger partial charge in [0.05, 0.1) is 11.9 Å². The Morgan fingerprint density at radius 3 is 2.62 bits per heavy atom. The van der Waals surface area contributed by atoms with E-state index in [1.165, 1.54) is 0 Å². The zero-order valence-electron chi connectivity index (χ0n) is 13.0. The Morgan fingerprint density at radius 1 is 1.38 bits per heavy atom. The van der Waals surface area contributed by atoms with Crippen molar-refractivity contribution in [2.45, 2.75) is 33.2 Å². The maximum atomic E-state index is 12.5. The number of anilines is 2. The third kappa shape index (κ3) is 2.69. The second-order valence-electron chi connectivity index (χ2n) is 7.02. The van der Waals surface area contributed by atoms with E-state index in [0.29, 0.717) is 11.6 Å². The average Bonchev–Trinajstić information content (AvgIpc) is 3.08. The highest BCUT2D eigenvalue weighted by Gasteiger charge is 2.52. The van der Waals surface area contributed by atoms with Crippen molar-refractivity contribution in [2.75, 3.05) is 30.3 Å². The third-order valence-electron chi connectivity index (χ3n) is 4.82. The van der Waals surface area contributed by atoms with Crippen LogP contribution in [0.15, 0.2) is 18.3 Å². The van der Waals surface area contributed by atoms with E-state index in [1.54, 1.807) is 6.20 Å². The van der Waals surface area contributed by atoms with Crippen LogP contribution in [-0.4, -0.2) is 41.5 Å². The highest BCUT2D eigenvalue weighted by atomic mass is 16.2. The maximum absolute atomic E-state index is 12.5. The number of nitrogens with two attached hydrogens (primary N) is 1. The molecule has 1 saturated heterocycles. The number of hydrogen-bond donors (Lipinski definition) is 1. The van der Waals surface area contributed by atoms with E-state index in [4.69, 9.17) is 5.73 Å². The number of carbonyl (C=O) groups excluding carboxylic acids is 1. The Hall–Kier alpha value is -1.78. The first-order chi connectivity index (χ1) is 9.88. The van der Waals surface area contributed by atoms with Crippen molar-refractivity contribution in [1.82, 2.24) is 9.88 Å². The fourth-order valence-corrected chi connectivity index (χ4v) is 3.17. The zero-order chi connectivity index (χ0) is 15.2. The number of aromatic nitrogens is 1.